The van der Waals surface area contributed by atoms with Crippen molar-refractivity contribution in [1.29, 1.82) is 0 Å². The van der Waals surface area contributed by atoms with E-state index in [0.29, 0.717) is 36.0 Å². The zero-order chi connectivity index (χ0) is 24.3. The predicted molar refractivity (Wildman–Crippen MR) is 139 cm³/mol. The highest BCUT2D eigenvalue weighted by atomic mass is 35.5. The number of nitrogens with zero attached hydrogens (tertiary/aromatic N) is 1. The first-order valence-corrected chi connectivity index (χ1v) is 12.3. The highest BCUT2D eigenvalue weighted by Gasteiger charge is 2.30. The number of hydrogen-bond donors (Lipinski definition) is 1. The Morgan fingerprint density at radius 3 is 2.32 bits per heavy atom. The monoisotopic (exact) mass is 496 g/mol. The molecule has 1 atom stereocenters. The van der Waals surface area contributed by atoms with E-state index in [1.807, 2.05) is 79.7 Å². The van der Waals surface area contributed by atoms with Gasteiger partial charge in [-0.25, -0.2) is 0 Å². The van der Waals surface area contributed by atoms with Crippen molar-refractivity contribution in [3.8, 4) is 0 Å². The van der Waals surface area contributed by atoms with E-state index in [9.17, 15) is 9.59 Å². The van der Waals surface area contributed by atoms with Gasteiger partial charge in [0.05, 0.1) is 0 Å². The number of nitrogens with one attached hydrogen (secondary N) is 1. The molecular weight excluding hydrogens is 467 g/mol. The molecule has 0 saturated carbocycles. The van der Waals surface area contributed by atoms with Gasteiger partial charge in [0.25, 0.3) is 0 Å². The third kappa shape index (κ3) is 7.61. The molecule has 0 aliphatic rings. The van der Waals surface area contributed by atoms with E-state index in [4.69, 9.17) is 23.2 Å². The van der Waals surface area contributed by atoms with E-state index in [0.717, 1.165) is 23.1 Å². The van der Waals surface area contributed by atoms with Crippen LogP contribution in [0, 0.1) is 0 Å². The second kappa shape index (κ2) is 13.2. The Bertz CT molecular complexity index is 1090. The number of rotatable bonds is 11. The minimum Gasteiger partial charge on any atom is -0.354 e. The largest absolute Gasteiger partial charge is 0.354 e. The van der Waals surface area contributed by atoms with Crippen molar-refractivity contribution in [2.24, 2.45) is 0 Å². The molecule has 0 radical (unpaired) electrons. The Morgan fingerprint density at radius 2 is 1.62 bits per heavy atom. The summed E-state index contributed by atoms with van der Waals surface area (Å²) in [5.41, 5.74) is 2.78. The van der Waals surface area contributed by atoms with Crippen molar-refractivity contribution in [2.75, 3.05) is 6.54 Å². The summed E-state index contributed by atoms with van der Waals surface area (Å²) in [5, 5.41) is 4.22. The fraction of sp³-hybridized carbons (Fsp3) is 0.286. The Kier molecular flexibility index (Phi) is 9.99. The molecule has 3 rings (SSSR count). The summed E-state index contributed by atoms with van der Waals surface area (Å²) in [6.07, 6.45) is 1.99. The van der Waals surface area contributed by atoms with Crippen LogP contribution in [0.25, 0.3) is 0 Å². The van der Waals surface area contributed by atoms with Crippen molar-refractivity contribution in [3.05, 3.63) is 106 Å². The van der Waals surface area contributed by atoms with Crippen molar-refractivity contribution in [2.45, 2.75) is 45.2 Å². The number of amides is 2. The lowest BCUT2D eigenvalue weighted by atomic mass is 10.0. The maximum atomic E-state index is 13.6. The van der Waals surface area contributed by atoms with Crippen LogP contribution in [0.1, 0.15) is 36.5 Å². The van der Waals surface area contributed by atoms with E-state index in [1.54, 1.807) is 11.0 Å². The summed E-state index contributed by atoms with van der Waals surface area (Å²) < 4.78 is 0. The third-order valence-corrected chi connectivity index (χ3v) is 6.23. The van der Waals surface area contributed by atoms with Gasteiger partial charge in [-0.3, -0.25) is 9.59 Å². The van der Waals surface area contributed by atoms with E-state index < -0.39 is 6.04 Å². The van der Waals surface area contributed by atoms with Crippen LogP contribution in [-0.2, 0) is 29.0 Å². The quantitative estimate of drug-likeness (QED) is 0.349. The van der Waals surface area contributed by atoms with Gasteiger partial charge in [0.2, 0.25) is 11.8 Å². The maximum Gasteiger partial charge on any atom is 0.243 e. The minimum absolute atomic E-state index is 0.104. The number of aryl methyl sites for hydroxylation is 1. The highest BCUT2D eigenvalue weighted by Crippen LogP contribution is 2.21. The number of carbonyl (C=O) groups excluding carboxylic acids is 2. The van der Waals surface area contributed by atoms with Crippen LogP contribution >= 0.6 is 23.2 Å². The molecule has 0 aromatic heterocycles. The first kappa shape index (κ1) is 25.8. The Balaban J connectivity index is 1.90. The number of hydrogen-bond acceptors (Lipinski definition) is 2. The van der Waals surface area contributed by atoms with Gasteiger partial charge in [0, 0.05) is 36.0 Å². The minimum atomic E-state index is -0.647. The first-order chi connectivity index (χ1) is 16.5. The molecule has 3 aromatic carbocycles. The molecule has 0 aliphatic carbocycles. The van der Waals surface area contributed by atoms with Gasteiger partial charge >= 0.3 is 0 Å². The molecular formula is C28H30Cl2N2O2. The van der Waals surface area contributed by atoms with Crippen LogP contribution in [0.5, 0.6) is 0 Å². The molecule has 0 bridgehead atoms. The van der Waals surface area contributed by atoms with Crippen LogP contribution in [0.4, 0.5) is 0 Å². The molecule has 0 spiro atoms. The molecule has 2 amide bonds. The number of halogens is 2. The fourth-order valence-corrected chi connectivity index (χ4v) is 4.28. The average molecular weight is 497 g/mol. The number of benzene rings is 3. The lowest BCUT2D eigenvalue weighted by Gasteiger charge is -2.32. The van der Waals surface area contributed by atoms with Gasteiger partial charge in [-0.1, -0.05) is 90.8 Å². The molecule has 178 valence electrons. The zero-order valence-corrected chi connectivity index (χ0v) is 20.9. The second-order valence-corrected chi connectivity index (χ2v) is 9.08. The summed E-state index contributed by atoms with van der Waals surface area (Å²) in [6, 6.07) is 24.1. The second-order valence-electron chi connectivity index (χ2n) is 8.24. The van der Waals surface area contributed by atoms with Gasteiger partial charge in [0.15, 0.2) is 0 Å². The lowest BCUT2D eigenvalue weighted by molar-refractivity contribution is -0.141. The molecule has 0 fully saturated rings. The standard InChI is InChI=1S/C28H30Cl2N2O2/c1-2-17-31-28(34)26(19-21-9-4-3-5-10-21)32(20-22-11-8-13-24(29)18-22)27(33)16-15-23-12-6-7-14-25(23)30/h3-14,18,26H,2,15-17,19-20H2,1H3,(H,31,34)/t26-/m0/s1. The highest BCUT2D eigenvalue weighted by molar-refractivity contribution is 6.31. The normalized spacial score (nSPS) is 11.6. The molecule has 0 heterocycles. The van der Waals surface area contributed by atoms with E-state index in [1.165, 1.54) is 0 Å². The molecule has 0 unspecified atom stereocenters. The van der Waals surface area contributed by atoms with Crippen molar-refractivity contribution < 1.29 is 9.59 Å². The maximum absolute atomic E-state index is 13.6. The number of carbonyl (C=O) groups is 2. The topological polar surface area (TPSA) is 49.4 Å². The van der Waals surface area contributed by atoms with Gasteiger partial charge in [-0.15, -0.1) is 0 Å². The van der Waals surface area contributed by atoms with Crippen LogP contribution in [0.15, 0.2) is 78.9 Å². The summed E-state index contributed by atoms with van der Waals surface area (Å²) in [5.74, 6) is -0.258. The lowest BCUT2D eigenvalue weighted by Crippen LogP contribution is -2.50. The summed E-state index contributed by atoms with van der Waals surface area (Å²) in [7, 11) is 0. The van der Waals surface area contributed by atoms with Gasteiger partial charge in [-0.05, 0) is 47.7 Å². The molecule has 4 nitrogen and oxygen atoms in total. The Hall–Kier alpha value is -2.82. The Morgan fingerprint density at radius 1 is 0.912 bits per heavy atom. The molecule has 34 heavy (non-hydrogen) atoms. The SMILES string of the molecule is CCCNC(=O)[C@H](Cc1ccccc1)N(Cc1cccc(Cl)c1)C(=O)CCc1ccccc1Cl. The predicted octanol–water partition coefficient (Wildman–Crippen LogP) is 6.09. The van der Waals surface area contributed by atoms with Gasteiger partial charge in [0.1, 0.15) is 6.04 Å². The van der Waals surface area contributed by atoms with Crippen molar-refractivity contribution >= 4 is 35.0 Å². The summed E-state index contributed by atoms with van der Waals surface area (Å²) in [6.45, 7) is 2.85. The average Bonchev–Trinajstić information content (AvgIpc) is 2.84. The first-order valence-electron chi connectivity index (χ1n) is 11.6. The third-order valence-electron chi connectivity index (χ3n) is 5.63. The van der Waals surface area contributed by atoms with Crippen LogP contribution in [0.3, 0.4) is 0 Å². The van der Waals surface area contributed by atoms with E-state index in [-0.39, 0.29) is 18.2 Å². The van der Waals surface area contributed by atoms with Gasteiger partial charge in [-0.2, -0.15) is 0 Å². The van der Waals surface area contributed by atoms with E-state index in [2.05, 4.69) is 5.32 Å². The smallest absolute Gasteiger partial charge is 0.243 e. The van der Waals surface area contributed by atoms with Crippen molar-refractivity contribution in [3.63, 3.8) is 0 Å². The Labute approximate surface area is 211 Å². The van der Waals surface area contributed by atoms with Crippen LogP contribution in [-0.4, -0.2) is 29.3 Å². The van der Waals surface area contributed by atoms with Gasteiger partial charge < -0.3 is 10.2 Å². The molecule has 1 N–H and O–H groups in total. The molecule has 6 heteroatoms. The zero-order valence-electron chi connectivity index (χ0n) is 19.3. The van der Waals surface area contributed by atoms with Crippen molar-refractivity contribution in [1.82, 2.24) is 10.2 Å². The van der Waals surface area contributed by atoms with Crippen LogP contribution < -0.4 is 5.32 Å². The summed E-state index contributed by atoms with van der Waals surface area (Å²) in [4.78, 5) is 28.6. The molecule has 0 saturated heterocycles. The molecule has 3 aromatic rings. The van der Waals surface area contributed by atoms with Crippen LogP contribution in [0.2, 0.25) is 10.0 Å². The summed E-state index contributed by atoms with van der Waals surface area (Å²) >= 11 is 12.5. The van der Waals surface area contributed by atoms with E-state index >= 15 is 0 Å². The molecule has 0 aliphatic heterocycles. The fourth-order valence-electron chi connectivity index (χ4n) is 3.84.